The number of benzene rings is 1. The zero-order valence-corrected chi connectivity index (χ0v) is 8.91. The lowest BCUT2D eigenvalue weighted by Gasteiger charge is -2.17. The molecule has 0 saturated carbocycles. The number of hydrogen-bond acceptors (Lipinski definition) is 3. The number of nitrogens with zero attached hydrogens (tertiary/aromatic N) is 1. The van der Waals surface area contributed by atoms with Crippen molar-refractivity contribution in [1.29, 1.82) is 0 Å². The van der Waals surface area contributed by atoms with E-state index in [-0.39, 0.29) is 12.5 Å². The van der Waals surface area contributed by atoms with E-state index >= 15 is 0 Å². The molecule has 0 aliphatic rings. The molecule has 0 fully saturated rings. The summed E-state index contributed by atoms with van der Waals surface area (Å²) in [5.41, 5.74) is 0.892. The second kappa shape index (κ2) is 4.86. The van der Waals surface area contributed by atoms with Crippen molar-refractivity contribution in [2.24, 2.45) is 0 Å². The zero-order chi connectivity index (χ0) is 10.6. The molecule has 0 N–H and O–H groups in total. The maximum Gasteiger partial charge on any atom is 0.325 e. The molecule has 14 heavy (non-hydrogen) atoms. The summed E-state index contributed by atoms with van der Waals surface area (Å²) in [5, 5.41) is 0.652. The topological polar surface area (TPSA) is 29.5 Å². The van der Waals surface area contributed by atoms with Crippen LogP contribution in [0.25, 0.3) is 0 Å². The van der Waals surface area contributed by atoms with Gasteiger partial charge >= 0.3 is 5.97 Å². The Balaban J connectivity index is 2.69. The zero-order valence-electron chi connectivity index (χ0n) is 8.16. The van der Waals surface area contributed by atoms with E-state index < -0.39 is 0 Å². The Morgan fingerprint density at radius 2 is 2.29 bits per heavy atom. The van der Waals surface area contributed by atoms with Crippen LogP contribution < -0.4 is 4.90 Å². The normalized spacial score (nSPS) is 9.64. The molecule has 0 spiro atoms. The number of halogens is 1. The Kier molecular flexibility index (Phi) is 3.77. The van der Waals surface area contributed by atoms with Crippen LogP contribution in [0.3, 0.4) is 0 Å². The van der Waals surface area contributed by atoms with Crippen LogP contribution in [-0.2, 0) is 9.53 Å². The molecule has 0 saturated heterocycles. The van der Waals surface area contributed by atoms with Gasteiger partial charge in [0.25, 0.3) is 0 Å². The molecule has 0 bridgehead atoms. The molecule has 1 aromatic carbocycles. The summed E-state index contributed by atoms with van der Waals surface area (Å²) in [6.07, 6.45) is 0. The van der Waals surface area contributed by atoms with Crippen LogP contribution in [-0.4, -0.2) is 26.7 Å². The number of likely N-dealkylation sites (N-methyl/N-ethyl adjacent to an activating group) is 1. The first-order valence-electron chi connectivity index (χ1n) is 4.17. The molecule has 0 amide bonds. The molecule has 3 nitrogen and oxygen atoms in total. The van der Waals surface area contributed by atoms with E-state index in [4.69, 9.17) is 11.6 Å². The summed E-state index contributed by atoms with van der Waals surface area (Å²) in [4.78, 5) is 12.8. The van der Waals surface area contributed by atoms with Crippen LogP contribution in [0.4, 0.5) is 5.69 Å². The van der Waals surface area contributed by atoms with Gasteiger partial charge in [0.15, 0.2) is 0 Å². The van der Waals surface area contributed by atoms with Gasteiger partial charge in [-0.3, -0.25) is 4.79 Å². The largest absolute Gasteiger partial charge is 0.468 e. The lowest BCUT2D eigenvalue weighted by atomic mass is 10.3. The Morgan fingerprint density at radius 1 is 1.57 bits per heavy atom. The van der Waals surface area contributed by atoms with Gasteiger partial charge in [0.2, 0.25) is 0 Å². The Hall–Kier alpha value is -1.22. The first-order chi connectivity index (χ1) is 6.63. The van der Waals surface area contributed by atoms with Gasteiger partial charge in [-0.1, -0.05) is 17.7 Å². The number of anilines is 1. The van der Waals surface area contributed by atoms with Gasteiger partial charge < -0.3 is 9.64 Å². The smallest absolute Gasteiger partial charge is 0.325 e. The Bertz CT molecular complexity index is 328. The average Bonchev–Trinajstić information content (AvgIpc) is 2.17. The van der Waals surface area contributed by atoms with Crippen LogP contribution in [0.2, 0.25) is 5.02 Å². The van der Waals surface area contributed by atoms with E-state index in [0.717, 1.165) is 5.69 Å². The fourth-order valence-corrected chi connectivity index (χ4v) is 1.25. The predicted octanol–water partition coefficient (Wildman–Crippen LogP) is 1.95. The van der Waals surface area contributed by atoms with E-state index in [1.165, 1.54) is 7.11 Å². The lowest BCUT2D eigenvalue weighted by molar-refractivity contribution is -0.138. The van der Waals surface area contributed by atoms with E-state index in [1.54, 1.807) is 17.0 Å². The number of hydrogen-bond donors (Lipinski definition) is 0. The quantitative estimate of drug-likeness (QED) is 0.719. The van der Waals surface area contributed by atoms with Crippen molar-refractivity contribution in [1.82, 2.24) is 0 Å². The minimum atomic E-state index is -0.271. The Labute approximate surface area is 88.2 Å². The molecule has 76 valence electrons. The maximum absolute atomic E-state index is 11.0. The van der Waals surface area contributed by atoms with Crippen molar-refractivity contribution in [3.05, 3.63) is 29.3 Å². The third-order valence-corrected chi connectivity index (χ3v) is 2.08. The molecule has 0 unspecified atom stereocenters. The third-order valence-electron chi connectivity index (χ3n) is 1.84. The molecular weight excluding hydrogens is 202 g/mol. The molecule has 0 heterocycles. The van der Waals surface area contributed by atoms with Crippen molar-refractivity contribution in [3.63, 3.8) is 0 Å². The lowest BCUT2D eigenvalue weighted by Crippen LogP contribution is -2.26. The van der Waals surface area contributed by atoms with Gasteiger partial charge in [-0.15, -0.1) is 0 Å². The highest BCUT2D eigenvalue weighted by atomic mass is 35.5. The van der Waals surface area contributed by atoms with Gasteiger partial charge in [0, 0.05) is 17.8 Å². The highest BCUT2D eigenvalue weighted by Gasteiger charge is 2.06. The molecule has 4 heteroatoms. The summed E-state index contributed by atoms with van der Waals surface area (Å²) in [7, 11) is 3.18. The molecule has 0 atom stereocenters. The van der Waals surface area contributed by atoms with Crippen LogP contribution in [0, 0.1) is 0 Å². The Morgan fingerprint density at radius 3 is 2.86 bits per heavy atom. The van der Waals surface area contributed by atoms with Crippen LogP contribution in [0.5, 0.6) is 0 Å². The highest BCUT2D eigenvalue weighted by molar-refractivity contribution is 6.30. The monoisotopic (exact) mass is 213 g/mol. The SMILES string of the molecule is COC(=O)CN(C)c1cccc(Cl)c1. The average molecular weight is 214 g/mol. The molecule has 0 aliphatic carbocycles. The fraction of sp³-hybridized carbons (Fsp3) is 0.300. The number of carbonyl (C=O) groups excluding carboxylic acids is 1. The van der Waals surface area contributed by atoms with Gasteiger partial charge in [0.1, 0.15) is 6.54 Å². The number of esters is 1. The fourth-order valence-electron chi connectivity index (χ4n) is 1.06. The molecule has 1 rings (SSSR count). The van der Waals surface area contributed by atoms with Gasteiger partial charge in [-0.05, 0) is 18.2 Å². The first kappa shape index (κ1) is 10.9. The number of carbonyl (C=O) groups is 1. The number of methoxy groups -OCH3 is 1. The molecule has 0 aromatic heterocycles. The van der Waals surface area contributed by atoms with Crippen LogP contribution in [0.15, 0.2) is 24.3 Å². The van der Waals surface area contributed by atoms with E-state index in [9.17, 15) is 4.79 Å². The number of ether oxygens (including phenoxy) is 1. The first-order valence-corrected chi connectivity index (χ1v) is 4.55. The summed E-state index contributed by atoms with van der Waals surface area (Å²) in [5.74, 6) is -0.271. The van der Waals surface area contributed by atoms with Crippen molar-refractivity contribution in [2.45, 2.75) is 0 Å². The van der Waals surface area contributed by atoms with Crippen molar-refractivity contribution in [2.75, 3.05) is 25.6 Å². The predicted molar refractivity (Wildman–Crippen MR) is 56.7 cm³/mol. The van der Waals surface area contributed by atoms with E-state index in [1.807, 2.05) is 19.2 Å². The summed E-state index contributed by atoms with van der Waals surface area (Å²) in [6, 6.07) is 7.31. The second-order valence-electron chi connectivity index (χ2n) is 2.91. The highest BCUT2D eigenvalue weighted by Crippen LogP contribution is 2.17. The molecule has 1 aromatic rings. The minimum absolute atomic E-state index is 0.219. The molecular formula is C10H12ClNO2. The molecule has 0 aliphatic heterocycles. The molecule has 0 radical (unpaired) electrons. The van der Waals surface area contributed by atoms with Crippen molar-refractivity contribution < 1.29 is 9.53 Å². The van der Waals surface area contributed by atoms with E-state index in [2.05, 4.69) is 4.74 Å². The van der Waals surface area contributed by atoms with E-state index in [0.29, 0.717) is 5.02 Å². The van der Waals surface area contributed by atoms with Crippen LogP contribution >= 0.6 is 11.6 Å². The standard InChI is InChI=1S/C10H12ClNO2/c1-12(7-10(13)14-2)9-5-3-4-8(11)6-9/h3-6H,7H2,1-2H3. The van der Waals surface area contributed by atoms with Crippen molar-refractivity contribution >= 4 is 23.3 Å². The maximum atomic E-state index is 11.0. The summed E-state index contributed by atoms with van der Waals surface area (Å²) in [6.45, 7) is 0.219. The number of rotatable bonds is 3. The summed E-state index contributed by atoms with van der Waals surface area (Å²) >= 11 is 5.82. The van der Waals surface area contributed by atoms with Gasteiger partial charge in [0.05, 0.1) is 7.11 Å². The van der Waals surface area contributed by atoms with Gasteiger partial charge in [-0.2, -0.15) is 0 Å². The summed E-state index contributed by atoms with van der Waals surface area (Å²) < 4.78 is 4.56. The second-order valence-corrected chi connectivity index (χ2v) is 3.35. The third kappa shape index (κ3) is 2.92. The van der Waals surface area contributed by atoms with Gasteiger partial charge in [-0.25, -0.2) is 0 Å². The van der Waals surface area contributed by atoms with Crippen LogP contribution in [0.1, 0.15) is 0 Å². The van der Waals surface area contributed by atoms with Crippen molar-refractivity contribution in [3.8, 4) is 0 Å². The minimum Gasteiger partial charge on any atom is -0.468 e.